The summed E-state index contributed by atoms with van der Waals surface area (Å²) < 4.78 is 5.11. The minimum Gasteiger partial charge on any atom is -0.454 e. The highest BCUT2D eigenvalue weighted by Crippen LogP contribution is 2.36. The number of Topliss-reactive ketones (excluding diaryl/α,β-unsaturated/α-hetero) is 1. The van der Waals surface area contributed by atoms with Gasteiger partial charge >= 0.3 is 5.97 Å². The molecule has 0 atom stereocenters. The van der Waals surface area contributed by atoms with Crippen molar-refractivity contribution in [3.8, 4) is 11.1 Å². The Morgan fingerprint density at radius 2 is 1.57 bits per heavy atom. The molecule has 7 heteroatoms. The van der Waals surface area contributed by atoms with Crippen LogP contribution in [0.1, 0.15) is 42.2 Å². The molecule has 0 radical (unpaired) electrons. The van der Waals surface area contributed by atoms with Gasteiger partial charge in [0.2, 0.25) is 5.78 Å². The predicted molar refractivity (Wildman–Crippen MR) is 108 cm³/mol. The van der Waals surface area contributed by atoms with Crippen molar-refractivity contribution in [1.29, 1.82) is 0 Å². The van der Waals surface area contributed by atoms with Gasteiger partial charge in [-0.25, -0.2) is 4.79 Å². The van der Waals surface area contributed by atoms with Crippen LogP contribution in [0.25, 0.3) is 11.1 Å². The molecule has 3 aromatic rings. The van der Waals surface area contributed by atoms with Crippen molar-refractivity contribution in [2.45, 2.75) is 6.92 Å². The lowest BCUT2D eigenvalue weighted by Gasteiger charge is -2.07. The summed E-state index contributed by atoms with van der Waals surface area (Å²) in [6, 6.07) is 15.8. The lowest BCUT2D eigenvalue weighted by molar-refractivity contribution is -0.385. The van der Waals surface area contributed by atoms with E-state index in [0.717, 1.165) is 5.56 Å². The molecule has 0 amide bonds. The van der Waals surface area contributed by atoms with Gasteiger partial charge in [0.25, 0.3) is 5.69 Å². The van der Waals surface area contributed by atoms with E-state index in [1.165, 1.54) is 24.3 Å². The molecule has 0 bridgehead atoms. The Balaban J connectivity index is 1.51. The van der Waals surface area contributed by atoms with E-state index in [0.29, 0.717) is 22.3 Å². The van der Waals surface area contributed by atoms with Gasteiger partial charge in [-0.15, -0.1) is 0 Å². The van der Waals surface area contributed by atoms with Crippen LogP contribution >= 0.6 is 0 Å². The van der Waals surface area contributed by atoms with Crippen molar-refractivity contribution >= 4 is 23.2 Å². The summed E-state index contributed by atoms with van der Waals surface area (Å²) in [5.74, 6) is -1.37. The first-order valence-corrected chi connectivity index (χ1v) is 9.10. The maximum absolute atomic E-state index is 12.4. The summed E-state index contributed by atoms with van der Waals surface area (Å²) in [6.45, 7) is 1.02. The molecule has 0 fully saturated rings. The normalized spacial score (nSPS) is 11.6. The van der Waals surface area contributed by atoms with Gasteiger partial charge < -0.3 is 4.74 Å². The highest BCUT2D eigenvalue weighted by atomic mass is 16.6. The quantitative estimate of drug-likeness (QED) is 0.215. The van der Waals surface area contributed by atoms with Gasteiger partial charge in [0, 0.05) is 28.3 Å². The minimum atomic E-state index is -0.718. The van der Waals surface area contributed by atoms with Crippen LogP contribution in [0.5, 0.6) is 0 Å². The number of nitro groups is 1. The van der Waals surface area contributed by atoms with Crippen molar-refractivity contribution < 1.29 is 24.0 Å². The lowest BCUT2D eigenvalue weighted by atomic mass is 10.0. The van der Waals surface area contributed by atoms with Crippen LogP contribution in [0.2, 0.25) is 0 Å². The minimum absolute atomic E-state index is 0.0913. The number of aryl methyl sites for hydroxylation is 1. The molecule has 3 aromatic carbocycles. The van der Waals surface area contributed by atoms with Gasteiger partial charge in [0.15, 0.2) is 12.4 Å². The van der Waals surface area contributed by atoms with Crippen LogP contribution in [0.15, 0.2) is 60.7 Å². The van der Waals surface area contributed by atoms with Gasteiger partial charge in [0.05, 0.1) is 10.5 Å². The van der Waals surface area contributed by atoms with Crippen molar-refractivity contribution in [1.82, 2.24) is 0 Å². The van der Waals surface area contributed by atoms with Crippen molar-refractivity contribution in [3.05, 3.63) is 98.6 Å². The second-order valence-corrected chi connectivity index (χ2v) is 6.89. The Morgan fingerprint density at radius 1 is 0.900 bits per heavy atom. The number of ether oxygens (including phenoxy) is 1. The van der Waals surface area contributed by atoms with Crippen LogP contribution in [0.3, 0.4) is 0 Å². The highest BCUT2D eigenvalue weighted by Gasteiger charge is 2.27. The Labute approximate surface area is 171 Å². The zero-order valence-electron chi connectivity index (χ0n) is 15.9. The molecule has 0 aromatic heterocycles. The summed E-state index contributed by atoms with van der Waals surface area (Å²) in [5, 5.41) is 11.0. The monoisotopic (exact) mass is 401 g/mol. The molecule has 0 N–H and O–H groups in total. The number of hydrogen-bond donors (Lipinski definition) is 0. The number of nitro benzene ring substituents is 1. The number of carbonyl (C=O) groups is 3. The molecule has 0 heterocycles. The number of rotatable bonds is 5. The van der Waals surface area contributed by atoms with Gasteiger partial charge in [0.1, 0.15) is 0 Å². The second kappa shape index (κ2) is 7.36. The van der Waals surface area contributed by atoms with E-state index in [4.69, 9.17) is 4.74 Å². The maximum Gasteiger partial charge on any atom is 0.338 e. The number of hydrogen-bond acceptors (Lipinski definition) is 6. The van der Waals surface area contributed by atoms with Gasteiger partial charge in [-0.1, -0.05) is 36.4 Å². The number of benzene rings is 3. The Kier molecular flexibility index (Phi) is 4.71. The van der Waals surface area contributed by atoms with Crippen LogP contribution in [0, 0.1) is 17.0 Å². The maximum atomic E-state index is 12.4. The van der Waals surface area contributed by atoms with E-state index in [9.17, 15) is 24.5 Å². The summed E-state index contributed by atoms with van der Waals surface area (Å²) >= 11 is 0. The van der Waals surface area contributed by atoms with Gasteiger partial charge in [-0.05, 0) is 36.2 Å². The van der Waals surface area contributed by atoms with E-state index in [2.05, 4.69) is 0 Å². The number of esters is 1. The van der Waals surface area contributed by atoms with Crippen LogP contribution in [0.4, 0.5) is 5.69 Å². The molecule has 0 unspecified atom stereocenters. The first-order chi connectivity index (χ1) is 14.4. The van der Waals surface area contributed by atoms with Crippen LogP contribution in [-0.2, 0) is 4.74 Å². The van der Waals surface area contributed by atoms with Crippen LogP contribution < -0.4 is 0 Å². The molecule has 1 aliphatic carbocycles. The molecule has 1 aliphatic rings. The molecule has 30 heavy (non-hydrogen) atoms. The second-order valence-electron chi connectivity index (χ2n) is 6.89. The van der Waals surface area contributed by atoms with E-state index < -0.39 is 23.3 Å². The largest absolute Gasteiger partial charge is 0.454 e. The van der Waals surface area contributed by atoms with Crippen molar-refractivity contribution in [3.63, 3.8) is 0 Å². The zero-order valence-corrected chi connectivity index (χ0v) is 15.9. The number of ketones is 2. The summed E-state index contributed by atoms with van der Waals surface area (Å²) in [5.41, 5.74) is 3.04. The van der Waals surface area contributed by atoms with Crippen LogP contribution in [-0.4, -0.2) is 29.1 Å². The number of fused-ring (bicyclic) bond motifs is 3. The Morgan fingerprint density at radius 3 is 2.30 bits per heavy atom. The third-order valence-electron chi connectivity index (χ3n) is 5.02. The standard InChI is InChI=1S/C23H15NO6/c1-13-6-7-14(11-20(13)24(28)29)21(25)12-30-23(27)15-8-9-18-19(10-15)16-4-2-3-5-17(16)22(18)26/h2-11H,12H2,1H3. The molecule has 0 spiro atoms. The smallest absolute Gasteiger partial charge is 0.338 e. The number of nitrogens with zero attached hydrogens (tertiary/aromatic N) is 1. The Hall–Kier alpha value is -4.13. The molecular formula is C23H15NO6. The van der Waals surface area contributed by atoms with E-state index in [1.54, 1.807) is 31.2 Å². The molecule has 7 nitrogen and oxygen atoms in total. The van der Waals surface area contributed by atoms with Crippen molar-refractivity contribution in [2.24, 2.45) is 0 Å². The third kappa shape index (κ3) is 3.26. The fraction of sp³-hybridized carbons (Fsp3) is 0.0870. The zero-order chi connectivity index (χ0) is 21.4. The van der Waals surface area contributed by atoms with Gasteiger partial charge in [-0.2, -0.15) is 0 Å². The van der Waals surface area contributed by atoms with E-state index in [-0.39, 0.29) is 22.6 Å². The molecule has 148 valence electrons. The predicted octanol–water partition coefficient (Wildman–Crippen LogP) is 4.15. The molecule has 0 saturated carbocycles. The van der Waals surface area contributed by atoms with E-state index >= 15 is 0 Å². The fourth-order valence-corrected chi connectivity index (χ4v) is 3.43. The average Bonchev–Trinajstić information content (AvgIpc) is 3.04. The van der Waals surface area contributed by atoms with Gasteiger partial charge in [-0.3, -0.25) is 19.7 Å². The first-order valence-electron chi connectivity index (χ1n) is 9.10. The fourth-order valence-electron chi connectivity index (χ4n) is 3.43. The topological polar surface area (TPSA) is 104 Å². The molecule has 0 saturated heterocycles. The van der Waals surface area contributed by atoms with Crippen molar-refractivity contribution in [2.75, 3.05) is 6.61 Å². The average molecular weight is 401 g/mol. The highest BCUT2D eigenvalue weighted by molar-refractivity contribution is 6.22. The molecule has 0 aliphatic heterocycles. The number of carbonyl (C=O) groups excluding carboxylic acids is 3. The summed E-state index contributed by atoms with van der Waals surface area (Å²) in [4.78, 5) is 47.7. The SMILES string of the molecule is Cc1ccc(C(=O)COC(=O)c2ccc3c(c2)-c2ccccc2C3=O)cc1[N+](=O)[O-]. The molecule has 4 rings (SSSR count). The van der Waals surface area contributed by atoms with E-state index in [1.807, 2.05) is 12.1 Å². The molecular weight excluding hydrogens is 386 g/mol. The summed E-state index contributed by atoms with van der Waals surface area (Å²) in [7, 11) is 0. The summed E-state index contributed by atoms with van der Waals surface area (Å²) in [6.07, 6.45) is 0. The lowest BCUT2D eigenvalue weighted by Crippen LogP contribution is -2.14. The Bertz CT molecular complexity index is 1240. The first kappa shape index (κ1) is 19.2. The third-order valence-corrected chi connectivity index (χ3v) is 5.02.